The number of fused-ring (bicyclic) bond motifs is 2. The number of thiazole rings is 1. The summed E-state index contributed by atoms with van der Waals surface area (Å²) in [6, 6.07) is 13.2. The van der Waals surface area contributed by atoms with E-state index >= 15 is 0 Å². The maximum absolute atomic E-state index is 12.5. The largest absolute Gasteiger partial charge is 0.361 e. The minimum Gasteiger partial charge on any atom is -0.361 e. The van der Waals surface area contributed by atoms with Gasteiger partial charge >= 0.3 is 0 Å². The quantitative estimate of drug-likeness (QED) is 0.451. The average molecular weight is 415 g/mol. The molecular weight excluding hydrogens is 396 g/mol. The lowest BCUT2D eigenvalue weighted by Crippen LogP contribution is -2.25. The number of aromatic nitrogens is 2. The summed E-state index contributed by atoms with van der Waals surface area (Å²) < 4.78 is 25.8. The Hall–Kier alpha value is -2.91. The highest BCUT2D eigenvalue weighted by molar-refractivity contribution is 7.92. The molecule has 0 saturated carbocycles. The van der Waals surface area contributed by atoms with Gasteiger partial charge in [-0.2, -0.15) is 0 Å². The van der Waals surface area contributed by atoms with Crippen LogP contribution < -0.4 is 10.0 Å². The summed E-state index contributed by atoms with van der Waals surface area (Å²) in [7, 11) is -3.38. The third-order valence-corrected chi connectivity index (χ3v) is 5.91. The van der Waals surface area contributed by atoms with Crippen LogP contribution in [0.5, 0.6) is 0 Å². The zero-order valence-electron chi connectivity index (χ0n) is 15.0. The van der Waals surface area contributed by atoms with Crippen molar-refractivity contribution in [2.24, 2.45) is 0 Å². The van der Waals surface area contributed by atoms with Crippen molar-refractivity contribution >= 4 is 53.5 Å². The van der Waals surface area contributed by atoms with Crippen molar-refractivity contribution in [2.75, 3.05) is 17.5 Å². The summed E-state index contributed by atoms with van der Waals surface area (Å²) >= 11 is 1.19. The zero-order valence-corrected chi connectivity index (χ0v) is 16.7. The number of nitrogens with zero attached hydrogens (tertiary/aromatic N) is 1. The van der Waals surface area contributed by atoms with Gasteiger partial charge in [-0.15, -0.1) is 0 Å². The Morgan fingerprint density at radius 1 is 1.21 bits per heavy atom. The van der Waals surface area contributed by atoms with E-state index in [1.54, 1.807) is 18.2 Å². The molecule has 0 aliphatic rings. The van der Waals surface area contributed by atoms with Crippen molar-refractivity contribution in [3.05, 3.63) is 59.8 Å². The minimum atomic E-state index is -3.38. The molecule has 0 atom stereocenters. The van der Waals surface area contributed by atoms with Gasteiger partial charge in [-0.25, -0.2) is 13.4 Å². The number of carbonyl (C=O) groups is 1. The molecule has 144 valence electrons. The molecule has 2 heterocycles. The van der Waals surface area contributed by atoms with Crippen LogP contribution >= 0.6 is 11.3 Å². The number of anilines is 1. The summed E-state index contributed by atoms with van der Waals surface area (Å²) in [6.45, 7) is 0.516. The molecule has 7 nitrogen and oxygen atoms in total. The van der Waals surface area contributed by atoms with Crippen LogP contribution in [0, 0.1) is 0 Å². The molecule has 0 spiro atoms. The molecule has 0 saturated heterocycles. The van der Waals surface area contributed by atoms with Crippen molar-refractivity contribution in [3.63, 3.8) is 0 Å². The molecular formula is C19H18N4O3S2. The molecule has 9 heteroatoms. The molecule has 1 amide bonds. The molecule has 0 unspecified atom stereocenters. The first kappa shape index (κ1) is 18.5. The second-order valence-corrected chi connectivity index (χ2v) is 9.22. The van der Waals surface area contributed by atoms with Crippen molar-refractivity contribution in [3.8, 4) is 0 Å². The van der Waals surface area contributed by atoms with E-state index in [0.717, 1.165) is 33.8 Å². The summed E-state index contributed by atoms with van der Waals surface area (Å²) in [6.07, 6.45) is 3.77. The van der Waals surface area contributed by atoms with E-state index in [0.29, 0.717) is 17.6 Å². The monoisotopic (exact) mass is 414 g/mol. The van der Waals surface area contributed by atoms with E-state index in [1.807, 2.05) is 24.4 Å². The van der Waals surface area contributed by atoms with Gasteiger partial charge in [0.25, 0.3) is 5.91 Å². The van der Waals surface area contributed by atoms with Crippen molar-refractivity contribution in [1.82, 2.24) is 15.3 Å². The molecule has 3 N–H and O–H groups in total. The SMILES string of the molecule is CS(=O)(=O)Nc1nc2ccc(C(=O)NCCc3c[nH]c4ccccc34)cc2s1. The Bertz CT molecular complexity index is 1270. The number of benzene rings is 2. The van der Waals surface area contributed by atoms with Crippen LogP contribution in [-0.4, -0.2) is 37.1 Å². The Balaban J connectivity index is 1.43. The van der Waals surface area contributed by atoms with E-state index < -0.39 is 10.0 Å². The molecule has 0 radical (unpaired) electrons. The fraction of sp³-hybridized carbons (Fsp3) is 0.158. The Kier molecular flexibility index (Phi) is 4.78. The van der Waals surface area contributed by atoms with Crippen LogP contribution in [0.2, 0.25) is 0 Å². The smallest absolute Gasteiger partial charge is 0.251 e. The molecule has 0 aliphatic heterocycles. The molecule has 4 aromatic rings. The van der Waals surface area contributed by atoms with Crippen LogP contribution in [0.25, 0.3) is 21.1 Å². The van der Waals surface area contributed by atoms with Crippen molar-refractivity contribution in [1.29, 1.82) is 0 Å². The summed E-state index contributed by atoms with van der Waals surface area (Å²) in [4.78, 5) is 19.9. The second kappa shape index (κ2) is 7.25. The van der Waals surface area contributed by atoms with Gasteiger partial charge in [0.15, 0.2) is 5.13 Å². The number of aromatic amines is 1. The molecule has 0 aliphatic carbocycles. The highest BCUT2D eigenvalue weighted by Crippen LogP contribution is 2.27. The van der Waals surface area contributed by atoms with Gasteiger partial charge < -0.3 is 10.3 Å². The number of carbonyl (C=O) groups excluding carboxylic acids is 1. The molecule has 0 fully saturated rings. The van der Waals surface area contributed by atoms with Crippen LogP contribution in [-0.2, 0) is 16.4 Å². The number of nitrogens with one attached hydrogen (secondary N) is 3. The number of amides is 1. The first-order valence-corrected chi connectivity index (χ1v) is 11.3. The fourth-order valence-corrected chi connectivity index (χ4v) is 4.76. The molecule has 2 aromatic carbocycles. The third-order valence-electron chi connectivity index (χ3n) is 4.28. The van der Waals surface area contributed by atoms with E-state index in [4.69, 9.17) is 0 Å². The number of H-pyrrole nitrogens is 1. The lowest BCUT2D eigenvalue weighted by Gasteiger charge is -2.05. The minimum absolute atomic E-state index is 0.173. The van der Waals surface area contributed by atoms with Gasteiger partial charge in [-0.1, -0.05) is 29.5 Å². The lowest BCUT2D eigenvalue weighted by atomic mass is 10.1. The third kappa shape index (κ3) is 4.00. The van der Waals surface area contributed by atoms with E-state index in [2.05, 4.69) is 26.1 Å². The molecule has 4 rings (SSSR count). The highest BCUT2D eigenvalue weighted by Gasteiger charge is 2.12. The van der Waals surface area contributed by atoms with Gasteiger partial charge in [-0.05, 0) is 36.2 Å². The van der Waals surface area contributed by atoms with Gasteiger partial charge in [0.1, 0.15) is 0 Å². The fourth-order valence-electron chi connectivity index (χ4n) is 3.02. The number of hydrogen-bond acceptors (Lipinski definition) is 5. The number of hydrogen-bond donors (Lipinski definition) is 3. The first-order chi connectivity index (χ1) is 13.4. The average Bonchev–Trinajstić information content (AvgIpc) is 3.23. The van der Waals surface area contributed by atoms with Crippen LogP contribution in [0.4, 0.5) is 5.13 Å². The predicted molar refractivity (Wildman–Crippen MR) is 112 cm³/mol. The number of rotatable bonds is 6. The maximum atomic E-state index is 12.5. The summed E-state index contributed by atoms with van der Waals surface area (Å²) in [5.74, 6) is -0.173. The second-order valence-electron chi connectivity index (χ2n) is 6.44. The van der Waals surface area contributed by atoms with Crippen LogP contribution in [0.3, 0.4) is 0 Å². The predicted octanol–water partition coefficient (Wildman–Crippen LogP) is 3.12. The zero-order chi connectivity index (χ0) is 19.7. The van der Waals surface area contributed by atoms with Crippen molar-refractivity contribution < 1.29 is 13.2 Å². The standard InChI is InChI=1S/C19H18N4O3S2/c1-28(25,26)23-19-22-16-7-6-12(10-17(16)27-19)18(24)20-9-8-13-11-21-15-5-3-2-4-14(13)15/h2-7,10-11,21H,8-9H2,1H3,(H,20,24)(H,22,23). The molecule has 28 heavy (non-hydrogen) atoms. The first-order valence-electron chi connectivity index (χ1n) is 8.61. The van der Waals surface area contributed by atoms with Gasteiger partial charge in [0.05, 0.1) is 16.5 Å². The van der Waals surface area contributed by atoms with Crippen molar-refractivity contribution in [2.45, 2.75) is 6.42 Å². The lowest BCUT2D eigenvalue weighted by molar-refractivity contribution is 0.0954. The maximum Gasteiger partial charge on any atom is 0.251 e. The van der Waals surface area contributed by atoms with Crippen LogP contribution in [0.15, 0.2) is 48.7 Å². The number of para-hydroxylation sites is 1. The Morgan fingerprint density at radius 2 is 2.04 bits per heavy atom. The topological polar surface area (TPSA) is 104 Å². The molecule has 2 aromatic heterocycles. The van der Waals surface area contributed by atoms with E-state index in [1.165, 1.54) is 11.3 Å². The van der Waals surface area contributed by atoms with Crippen LogP contribution in [0.1, 0.15) is 15.9 Å². The number of sulfonamides is 1. The summed E-state index contributed by atoms with van der Waals surface area (Å²) in [5, 5.41) is 4.38. The Labute approximate surface area is 165 Å². The van der Waals surface area contributed by atoms with E-state index in [9.17, 15) is 13.2 Å². The van der Waals surface area contributed by atoms with Gasteiger partial charge in [-0.3, -0.25) is 9.52 Å². The van der Waals surface area contributed by atoms with Gasteiger partial charge in [0.2, 0.25) is 10.0 Å². The normalized spacial score (nSPS) is 11.8. The molecule has 0 bridgehead atoms. The summed E-state index contributed by atoms with van der Waals surface area (Å²) in [5.41, 5.74) is 3.40. The highest BCUT2D eigenvalue weighted by atomic mass is 32.2. The van der Waals surface area contributed by atoms with Gasteiger partial charge in [0, 0.05) is 29.2 Å². The Morgan fingerprint density at radius 3 is 2.86 bits per heavy atom. The van der Waals surface area contributed by atoms with E-state index in [-0.39, 0.29) is 11.0 Å².